The Bertz CT molecular complexity index is 977. The molecule has 3 aromatic rings. The van der Waals surface area contributed by atoms with Gasteiger partial charge in [0, 0.05) is 48.7 Å². The third kappa shape index (κ3) is 2.64. The van der Waals surface area contributed by atoms with Crippen LogP contribution in [0.5, 0.6) is 0 Å². The van der Waals surface area contributed by atoms with Gasteiger partial charge < -0.3 is 9.64 Å². The number of anilines is 1. The summed E-state index contributed by atoms with van der Waals surface area (Å²) in [5, 5.41) is 7.83. The summed E-state index contributed by atoms with van der Waals surface area (Å²) in [6.07, 6.45) is 7.79. The van der Waals surface area contributed by atoms with E-state index in [0.717, 1.165) is 66.1 Å². The van der Waals surface area contributed by atoms with Crippen LogP contribution >= 0.6 is 0 Å². The Labute approximate surface area is 150 Å². The number of H-pyrrole nitrogens is 1. The zero-order valence-electron chi connectivity index (χ0n) is 14.3. The number of fused-ring (bicyclic) bond motifs is 2. The van der Waals surface area contributed by atoms with Crippen LogP contribution in [0.15, 0.2) is 30.7 Å². The highest BCUT2D eigenvalue weighted by atomic mass is 16.5. The van der Waals surface area contributed by atoms with Gasteiger partial charge in [0.15, 0.2) is 5.65 Å². The second kappa shape index (κ2) is 6.17. The van der Waals surface area contributed by atoms with Crippen molar-refractivity contribution in [3.63, 3.8) is 0 Å². The predicted octanol–water partition coefficient (Wildman–Crippen LogP) is 2.34. The maximum absolute atomic E-state index is 12.5. The second-order valence-corrected chi connectivity index (χ2v) is 6.96. The van der Waals surface area contributed by atoms with Crippen molar-refractivity contribution < 1.29 is 9.53 Å². The van der Waals surface area contributed by atoms with Crippen molar-refractivity contribution in [3.05, 3.63) is 36.4 Å². The Morgan fingerprint density at radius 1 is 1.12 bits per heavy atom. The van der Waals surface area contributed by atoms with Crippen molar-refractivity contribution in [2.75, 3.05) is 24.7 Å². The van der Waals surface area contributed by atoms with E-state index in [-0.39, 0.29) is 5.91 Å². The fourth-order valence-corrected chi connectivity index (χ4v) is 3.76. The van der Waals surface area contributed by atoms with E-state index in [0.29, 0.717) is 12.3 Å². The highest BCUT2D eigenvalue weighted by Gasteiger charge is 2.31. The lowest BCUT2D eigenvalue weighted by molar-refractivity contribution is -0.117. The zero-order chi connectivity index (χ0) is 17.5. The summed E-state index contributed by atoms with van der Waals surface area (Å²) in [5.74, 6) is 0.630. The Balaban J connectivity index is 1.48. The summed E-state index contributed by atoms with van der Waals surface area (Å²) in [7, 11) is 0. The summed E-state index contributed by atoms with van der Waals surface area (Å²) < 4.78 is 5.44. The minimum Gasteiger partial charge on any atom is -0.381 e. The molecule has 0 aromatic carbocycles. The van der Waals surface area contributed by atoms with Gasteiger partial charge in [0.05, 0.1) is 24.0 Å². The minimum absolute atomic E-state index is 0.138. The largest absolute Gasteiger partial charge is 0.381 e. The minimum atomic E-state index is 0.138. The van der Waals surface area contributed by atoms with E-state index in [1.165, 1.54) is 0 Å². The highest BCUT2D eigenvalue weighted by molar-refractivity contribution is 6.01. The third-order valence-corrected chi connectivity index (χ3v) is 5.26. The molecule has 0 saturated carbocycles. The number of pyridine rings is 2. The molecule has 3 aromatic heterocycles. The molecule has 0 atom stereocenters. The molecule has 0 radical (unpaired) electrons. The smallest absolute Gasteiger partial charge is 0.233 e. The van der Waals surface area contributed by atoms with Gasteiger partial charge >= 0.3 is 0 Å². The normalized spacial score (nSPS) is 17.8. The molecule has 7 heteroatoms. The Morgan fingerprint density at radius 2 is 1.92 bits per heavy atom. The predicted molar refractivity (Wildman–Crippen MR) is 96.7 cm³/mol. The molecular formula is C19H19N5O2. The Kier molecular flexibility index (Phi) is 3.67. The van der Waals surface area contributed by atoms with Crippen molar-refractivity contribution in [1.29, 1.82) is 0 Å². The van der Waals surface area contributed by atoms with Crippen LogP contribution in [-0.4, -0.2) is 45.8 Å². The standard InChI is InChI=1S/C19H19N5O2/c25-18-7-16-17(24(18)11-12-1-3-26-4-2-12)6-14(8-20-16)13-5-15-10-22-23-19(15)21-9-13/h5-6,8-10,12H,1-4,7,11H2,(H,21,22,23). The number of amides is 1. The van der Waals surface area contributed by atoms with Crippen LogP contribution in [0.2, 0.25) is 0 Å². The van der Waals surface area contributed by atoms with Crippen LogP contribution < -0.4 is 4.90 Å². The van der Waals surface area contributed by atoms with Crippen LogP contribution in [0, 0.1) is 5.92 Å². The zero-order valence-corrected chi connectivity index (χ0v) is 14.3. The van der Waals surface area contributed by atoms with Crippen LogP contribution in [0.4, 0.5) is 5.69 Å². The lowest BCUT2D eigenvalue weighted by Crippen LogP contribution is -2.34. The molecule has 5 rings (SSSR count). The van der Waals surface area contributed by atoms with E-state index < -0.39 is 0 Å². The van der Waals surface area contributed by atoms with Gasteiger partial charge in [-0.3, -0.25) is 14.9 Å². The fourth-order valence-electron chi connectivity index (χ4n) is 3.76. The number of aromatic amines is 1. The fraction of sp³-hybridized carbons (Fsp3) is 0.368. The van der Waals surface area contributed by atoms with Crippen molar-refractivity contribution in [3.8, 4) is 11.1 Å². The van der Waals surface area contributed by atoms with Gasteiger partial charge in [0.25, 0.3) is 0 Å². The first-order chi connectivity index (χ1) is 12.8. The van der Waals surface area contributed by atoms with Crippen LogP contribution in [0.1, 0.15) is 18.5 Å². The molecule has 0 aliphatic carbocycles. The quantitative estimate of drug-likeness (QED) is 0.784. The Morgan fingerprint density at radius 3 is 2.81 bits per heavy atom. The number of carbonyl (C=O) groups is 1. The van der Waals surface area contributed by atoms with E-state index in [9.17, 15) is 4.79 Å². The van der Waals surface area contributed by atoms with Crippen LogP contribution in [0.3, 0.4) is 0 Å². The number of ether oxygens (including phenoxy) is 1. The van der Waals surface area contributed by atoms with Crippen molar-refractivity contribution in [2.45, 2.75) is 19.3 Å². The number of aromatic nitrogens is 4. The van der Waals surface area contributed by atoms with E-state index in [2.05, 4.69) is 26.2 Å². The molecule has 2 aliphatic heterocycles. The molecule has 7 nitrogen and oxygen atoms in total. The average Bonchev–Trinajstić information content (AvgIpc) is 3.26. The number of hydrogen-bond acceptors (Lipinski definition) is 5. The summed E-state index contributed by atoms with van der Waals surface area (Å²) in [5.41, 5.74) is 4.50. The molecule has 0 spiro atoms. The van der Waals surface area contributed by atoms with E-state index in [1.807, 2.05) is 23.4 Å². The number of nitrogens with one attached hydrogen (secondary N) is 1. The summed E-state index contributed by atoms with van der Waals surface area (Å²) in [4.78, 5) is 23.4. The molecule has 1 fully saturated rings. The van der Waals surface area contributed by atoms with Crippen LogP contribution in [-0.2, 0) is 16.0 Å². The van der Waals surface area contributed by atoms with Gasteiger partial charge in [-0.15, -0.1) is 0 Å². The van der Waals surface area contributed by atoms with Crippen molar-refractivity contribution in [2.24, 2.45) is 5.92 Å². The highest BCUT2D eigenvalue weighted by Crippen LogP contribution is 2.33. The summed E-state index contributed by atoms with van der Waals surface area (Å²) in [6.45, 7) is 2.32. The van der Waals surface area contributed by atoms with Crippen LogP contribution in [0.25, 0.3) is 22.2 Å². The third-order valence-electron chi connectivity index (χ3n) is 5.26. The number of hydrogen-bond donors (Lipinski definition) is 1. The lowest BCUT2D eigenvalue weighted by Gasteiger charge is -2.27. The first-order valence-electron chi connectivity index (χ1n) is 8.94. The molecule has 2 aliphatic rings. The van der Waals surface area contributed by atoms with Crippen molar-refractivity contribution >= 4 is 22.6 Å². The van der Waals surface area contributed by atoms with Gasteiger partial charge in [0.2, 0.25) is 5.91 Å². The second-order valence-electron chi connectivity index (χ2n) is 6.96. The van der Waals surface area contributed by atoms with E-state index in [1.54, 1.807) is 6.20 Å². The SMILES string of the molecule is O=C1Cc2ncc(-c3cnc4[nH]ncc4c3)cc2N1CC1CCOCC1. The first kappa shape index (κ1) is 15.5. The number of carbonyl (C=O) groups excluding carboxylic acids is 1. The van der Waals surface area contributed by atoms with Gasteiger partial charge in [-0.1, -0.05) is 0 Å². The van der Waals surface area contributed by atoms with Gasteiger partial charge in [-0.2, -0.15) is 5.10 Å². The van der Waals surface area contributed by atoms with E-state index in [4.69, 9.17) is 4.74 Å². The van der Waals surface area contributed by atoms with Gasteiger partial charge in [-0.05, 0) is 30.9 Å². The first-order valence-corrected chi connectivity index (χ1v) is 8.94. The van der Waals surface area contributed by atoms with E-state index >= 15 is 0 Å². The molecule has 5 heterocycles. The summed E-state index contributed by atoms with van der Waals surface area (Å²) in [6, 6.07) is 4.10. The molecule has 0 unspecified atom stereocenters. The molecular weight excluding hydrogens is 330 g/mol. The summed E-state index contributed by atoms with van der Waals surface area (Å²) >= 11 is 0. The lowest BCUT2D eigenvalue weighted by atomic mass is 9.99. The van der Waals surface area contributed by atoms with Gasteiger partial charge in [-0.25, -0.2) is 4.98 Å². The molecule has 0 bridgehead atoms. The van der Waals surface area contributed by atoms with Crippen molar-refractivity contribution in [1.82, 2.24) is 20.2 Å². The van der Waals surface area contributed by atoms with Gasteiger partial charge in [0.1, 0.15) is 0 Å². The molecule has 1 N–H and O–H groups in total. The Hall–Kier alpha value is -2.80. The number of nitrogens with zero attached hydrogens (tertiary/aromatic N) is 4. The molecule has 1 amide bonds. The number of rotatable bonds is 3. The molecule has 26 heavy (non-hydrogen) atoms. The molecule has 132 valence electrons. The monoisotopic (exact) mass is 349 g/mol. The average molecular weight is 349 g/mol. The molecule has 1 saturated heterocycles. The maximum Gasteiger partial charge on any atom is 0.233 e. The topological polar surface area (TPSA) is 84.0 Å². The maximum atomic E-state index is 12.5.